The molecule has 1 aliphatic rings. The molecule has 1 aliphatic heterocycles. The fraction of sp³-hybridized carbons (Fsp3) is 0. The molecule has 0 unspecified atom stereocenters. The first kappa shape index (κ1) is 32.2. The summed E-state index contributed by atoms with van der Waals surface area (Å²) in [5.74, 6) is 0.707. The van der Waals surface area contributed by atoms with Gasteiger partial charge >= 0.3 is 309 Å². The molecule has 8 aromatic carbocycles. The second-order valence-electron chi connectivity index (χ2n) is 14.9. The summed E-state index contributed by atoms with van der Waals surface area (Å²) in [6.45, 7) is 0. The molecule has 3 aromatic heterocycles. The van der Waals surface area contributed by atoms with Gasteiger partial charge in [-0.3, -0.25) is 0 Å². The topological polar surface area (TPSA) is 43.9 Å². The monoisotopic (exact) mass is 789 g/mol. The molecule has 0 atom stereocenters. The van der Waals surface area contributed by atoms with Crippen LogP contribution in [-0.4, -0.2) is 27.8 Å². The molecule has 5 heteroatoms. The van der Waals surface area contributed by atoms with Gasteiger partial charge in [0.15, 0.2) is 0 Å². The van der Waals surface area contributed by atoms with Gasteiger partial charge in [-0.05, 0) is 6.07 Å². The van der Waals surface area contributed by atoms with Gasteiger partial charge in [0.05, 0.1) is 0 Å². The average molecular weight is 788 g/mol. The molecule has 0 N–H and O–H groups in total. The average Bonchev–Trinajstić information content (AvgIpc) is 3.94. The molecule has 0 spiro atoms. The van der Waals surface area contributed by atoms with Crippen LogP contribution in [0.2, 0.25) is 0 Å². The van der Waals surface area contributed by atoms with Crippen molar-refractivity contribution in [3.63, 3.8) is 0 Å². The molecule has 57 heavy (non-hydrogen) atoms. The van der Waals surface area contributed by atoms with E-state index in [4.69, 9.17) is 14.4 Å². The zero-order chi connectivity index (χ0) is 37.5. The molecule has 4 heterocycles. The SMILES string of the molecule is c1ccc(-c2nc(-c3cccc(-n4c5ccccc5c5ccc6c7ccccc7oc6c54)c3)nc3[c]2[Ge]([c]2ccccc2)([c]2ccccc2)[c]2ccccc2-3)cc1. The van der Waals surface area contributed by atoms with Crippen molar-refractivity contribution in [2.75, 3.05) is 0 Å². The Labute approximate surface area is 331 Å². The Hall–Kier alpha value is -7.02. The van der Waals surface area contributed by atoms with Crippen LogP contribution in [0.1, 0.15) is 0 Å². The summed E-state index contributed by atoms with van der Waals surface area (Å²) in [7, 11) is 0. The van der Waals surface area contributed by atoms with Crippen LogP contribution in [0.15, 0.2) is 205 Å². The van der Waals surface area contributed by atoms with Crippen LogP contribution in [0, 0.1) is 0 Å². The molecular formula is C52H33GeN3O. The number of hydrogen-bond donors (Lipinski definition) is 0. The number of hydrogen-bond acceptors (Lipinski definition) is 3. The molecule has 0 saturated heterocycles. The normalized spacial score (nSPS) is 13.1. The standard InChI is InChI=1S/C52H33GeN3O/c1-4-17-34(18-5-1)48-47-49(43-27-10-13-28-44(43)53(47,36-20-6-2-7-21-36)37-22-8-3-9-23-37)55-52(54-48)35-19-16-24-38(33-35)56-45-29-14-11-25-39(45)41-31-32-42-40-26-12-15-30-46(40)57-51(42)50(41)56/h1-33H. The van der Waals surface area contributed by atoms with Gasteiger partial charge in [-0.1, -0.05) is 18.2 Å². The van der Waals surface area contributed by atoms with Crippen molar-refractivity contribution in [2.24, 2.45) is 0 Å². The predicted octanol–water partition coefficient (Wildman–Crippen LogP) is 10.2. The first-order valence-corrected chi connectivity index (χ1v) is 23.6. The zero-order valence-electron chi connectivity index (χ0n) is 30.8. The van der Waals surface area contributed by atoms with Gasteiger partial charge in [-0.25, -0.2) is 0 Å². The third-order valence-electron chi connectivity index (χ3n) is 11.9. The number of para-hydroxylation sites is 2. The van der Waals surface area contributed by atoms with Gasteiger partial charge in [-0.2, -0.15) is 0 Å². The van der Waals surface area contributed by atoms with Crippen LogP contribution < -0.4 is 17.6 Å². The van der Waals surface area contributed by atoms with E-state index in [1.165, 1.54) is 28.5 Å². The molecule has 0 saturated carbocycles. The van der Waals surface area contributed by atoms with Gasteiger partial charge in [0.25, 0.3) is 0 Å². The van der Waals surface area contributed by atoms with E-state index in [1.54, 1.807) is 0 Å². The van der Waals surface area contributed by atoms with Crippen LogP contribution in [0.5, 0.6) is 0 Å². The van der Waals surface area contributed by atoms with E-state index in [0.717, 1.165) is 66.6 Å². The quantitative estimate of drug-likeness (QED) is 0.163. The summed E-state index contributed by atoms with van der Waals surface area (Å²) in [5, 5.41) is 4.57. The van der Waals surface area contributed by atoms with E-state index < -0.39 is 13.3 Å². The fourth-order valence-corrected chi connectivity index (χ4v) is 20.5. The van der Waals surface area contributed by atoms with Gasteiger partial charge in [0.1, 0.15) is 0 Å². The minimum atomic E-state index is -3.65. The second kappa shape index (κ2) is 12.5. The number of fused-ring (bicyclic) bond motifs is 10. The van der Waals surface area contributed by atoms with Crippen molar-refractivity contribution in [1.29, 1.82) is 0 Å². The summed E-state index contributed by atoms with van der Waals surface area (Å²) in [4.78, 5) is 11.3. The van der Waals surface area contributed by atoms with E-state index in [0.29, 0.717) is 5.82 Å². The van der Waals surface area contributed by atoms with Gasteiger partial charge in [0.2, 0.25) is 0 Å². The predicted molar refractivity (Wildman–Crippen MR) is 237 cm³/mol. The summed E-state index contributed by atoms with van der Waals surface area (Å²) in [5.41, 5.74) is 10.3. The maximum absolute atomic E-state index is 6.67. The number of rotatable bonds is 5. The third kappa shape index (κ3) is 4.62. The first-order valence-electron chi connectivity index (χ1n) is 19.4. The Balaban J connectivity index is 1.15. The van der Waals surface area contributed by atoms with E-state index in [9.17, 15) is 0 Å². The van der Waals surface area contributed by atoms with E-state index in [1.807, 2.05) is 6.07 Å². The molecule has 0 bridgehead atoms. The molecule has 12 rings (SSSR count). The van der Waals surface area contributed by atoms with Gasteiger partial charge in [-0.15, -0.1) is 0 Å². The van der Waals surface area contributed by atoms with Gasteiger partial charge in [0, 0.05) is 0 Å². The van der Waals surface area contributed by atoms with Crippen LogP contribution in [-0.2, 0) is 0 Å². The van der Waals surface area contributed by atoms with Crippen molar-refractivity contribution >= 4 is 74.6 Å². The van der Waals surface area contributed by atoms with Crippen LogP contribution >= 0.6 is 0 Å². The molecule has 0 aliphatic carbocycles. The maximum atomic E-state index is 6.67. The summed E-state index contributed by atoms with van der Waals surface area (Å²) >= 11 is -3.65. The Morgan fingerprint density at radius 2 is 1.07 bits per heavy atom. The zero-order valence-corrected chi connectivity index (χ0v) is 32.9. The number of aromatic nitrogens is 3. The van der Waals surface area contributed by atoms with Crippen molar-refractivity contribution in [1.82, 2.24) is 14.5 Å². The van der Waals surface area contributed by atoms with Crippen molar-refractivity contribution < 1.29 is 4.42 Å². The van der Waals surface area contributed by atoms with E-state index in [2.05, 4.69) is 199 Å². The Bertz CT molecular complexity index is 3310. The third-order valence-corrected chi connectivity index (χ3v) is 22.1. The van der Waals surface area contributed by atoms with Crippen molar-refractivity contribution in [2.45, 2.75) is 0 Å². The number of nitrogens with zero attached hydrogens (tertiary/aromatic N) is 3. The summed E-state index contributed by atoms with van der Waals surface area (Å²) < 4.78 is 14.4. The molecule has 0 amide bonds. The molecule has 0 fully saturated rings. The van der Waals surface area contributed by atoms with Crippen LogP contribution in [0.25, 0.3) is 83.3 Å². The van der Waals surface area contributed by atoms with E-state index in [-0.39, 0.29) is 0 Å². The second-order valence-corrected chi connectivity index (χ2v) is 22.6. The minimum absolute atomic E-state index is 0.707. The number of benzene rings is 8. The van der Waals surface area contributed by atoms with E-state index >= 15 is 0 Å². The van der Waals surface area contributed by atoms with Crippen molar-refractivity contribution in [3.05, 3.63) is 200 Å². The summed E-state index contributed by atoms with van der Waals surface area (Å²) in [6, 6.07) is 72.1. The first-order chi connectivity index (χ1) is 28.3. The molecule has 4 nitrogen and oxygen atoms in total. The van der Waals surface area contributed by atoms with Gasteiger partial charge < -0.3 is 0 Å². The van der Waals surface area contributed by atoms with Crippen LogP contribution in [0.3, 0.4) is 0 Å². The number of furan rings is 1. The Kier molecular flexibility index (Phi) is 7.07. The van der Waals surface area contributed by atoms with Crippen LogP contribution in [0.4, 0.5) is 0 Å². The van der Waals surface area contributed by atoms with Crippen molar-refractivity contribution in [3.8, 4) is 39.6 Å². The Morgan fingerprint density at radius 3 is 1.86 bits per heavy atom. The molecular weight excluding hydrogens is 755 g/mol. The molecule has 266 valence electrons. The molecule has 0 radical (unpaired) electrons. The summed E-state index contributed by atoms with van der Waals surface area (Å²) in [6.07, 6.45) is 0. The molecule has 11 aromatic rings. The fourth-order valence-electron chi connectivity index (χ4n) is 9.52. The Morgan fingerprint density at radius 1 is 0.456 bits per heavy atom.